The molecule has 0 aromatic rings. The van der Waals surface area contributed by atoms with E-state index >= 15 is 0 Å². The Morgan fingerprint density at radius 1 is 1.00 bits per heavy atom. The molecule has 2 rings (SSSR count). The minimum Gasteiger partial charge on any atom is -0.393 e. The highest BCUT2D eigenvalue weighted by Crippen LogP contribution is 2.36. The van der Waals surface area contributed by atoms with Gasteiger partial charge in [-0.25, -0.2) is 0 Å². The van der Waals surface area contributed by atoms with Crippen LogP contribution in [0.1, 0.15) is 51.4 Å². The Hall–Kier alpha value is -0.0400. The molecule has 0 radical (unpaired) electrons. The average Bonchev–Trinajstić information content (AvgIpc) is 2.78. The Kier molecular flexibility index (Phi) is 2.69. The standard InChI is InChI=1S/C11H20O/c12-11-6-2-5-10(11)4-1-3-9-7-8-9/h9-12H,1-8H2/t10-,11-/m1/s1. The molecule has 0 aromatic heterocycles. The van der Waals surface area contributed by atoms with Gasteiger partial charge in [-0.05, 0) is 31.1 Å². The van der Waals surface area contributed by atoms with Crippen LogP contribution in [0.15, 0.2) is 0 Å². The first-order valence-electron chi connectivity index (χ1n) is 5.54. The number of aliphatic hydroxyl groups is 1. The summed E-state index contributed by atoms with van der Waals surface area (Å²) >= 11 is 0. The molecule has 70 valence electrons. The zero-order valence-electron chi connectivity index (χ0n) is 7.84. The molecule has 0 aliphatic heterocycles. The van der Waals surface area contributed by atoms with Crippen LogP contribution in [0.25, 0.3) is 0 Å². The molecule has 1 N–H and O–H groups in total. The highest BCUT2D eigenvalue weighted by atomic mass is 16.3. The molecule has 0 bridgehead atoms. The van der Waals surface area contributed by atoms with Gasteiger partial charge >= 0.3 is 0 Å². The molecular weight excluding hydrogens is 148 g/mol. The van der Waals surface area contributed by atoms with Crippen molar-refractivity contribution >= 4 is 0 Å². The molecule has 12 heavy (non-hydrogen) atoms. The number of hydrogen-bond acceptors (Lipinski definition) is 1. The van der Waals surface area contributed by atoms with Gasteiger partial charge < -0.3 is 5.11 Å². The van der Waals surface area contributed by atoms with Crippen molar-refractivity contribution in [1.29, 1.82) is 0 Å². The van der Waals surface area contributed by atoms with Crippen molar-refractivity contribution in [2.24, 2.45) is 11.8 Å². The fourth-order valence-corrected chi connectivity index (χ4v) is 2.43. The lowest BCUT2D eigenvalue weighted by Gasteiger charge is -2.13. The molecular formula is C11H20O. The zero-order valence-corrected chi connectivity index (χ0v) is 7.84. The van der Waals surface area contributed by atoms with Gasteiger partial charge in [0.05, 0.1) is 6.10 Å². The topological polar surface area (TPSA) is 20.2 Å². The zero-order chi connectivity index (χ0) is 8.39. The third kappa shape index (κ3) is 2.22. The van der Waals surface area contributed by atoms with Crippen LogP contribution in [0.4, 0.5) is 0 Å². The smallest absolute Gasteiger partial charge is 0.0568 e. The van der Waals surface area contributed by atoms with E-state index in [1.54, 1.807) is 0 Å². The summed E-state index contributed by atoms with van der Waals surface area (Å²) in [4.78, 5) is 0. The van der Waals surface area contributed by atoms with Crippen LogP contribution in [0, 0.1) is 11.8 Å². The minimum absolute atomic E-state index is 0.0456. The van der Waals surface area contributed by atoms with Gasteiger partial charge in [0.2, 0.25) is 0 Å². The molecule has 0 aromatic carbocycles. The molecule has 0 saturated heterocycles. The second-order valence-electron chi connectivity index (χ2n) is 4.63. The third-order valence-corrected chi connectivity index (χ3v) is 3.50. The summed E-state index contributed by atoms with van der Waals surface area (Å²) in [6.07, 6.45) is 10.7. The van der Waals surface area contributed by atoms with E-state index in [4.69, 9.17) is 0 Å². The van der Waals surface area contributed by atoms with E-state index in [-0.39, 0.29) is 6.10 Å². The van der Waals surface area contributed by atoms with Crippen molar-refractivity contribution < 1.29 is 5.11 Å². The van der Waals surface area contributed by atoms with Crippen molar-refractivity contribution in [3.05, 3.63) is 0 Å². The van der Waals surface area contributed by atoms with Crippen LogP contribution in [-0.4, -0.2) is 11.2 Å². The summed E-state index contributed by atoms with van der Waals surface area (Å²) in [6, 6.07) is 0. The van der Waals surface area contributed by atoms with E-state index in [0.717, 1.165) is 12.3 Å². The monoisotopic (exact) mass is 168 g/mol. The first kappa shape index (κ1) is 8.55. The molecule has 0 unspecified atom stereocenters. The van der Waals surface area contributed by atoms with E-state index in [1.807, 2.05) is 0 Å². The second kappa shape index (κ2) is 3.78. The summed E-state index contributed by atoms with van der Waals surface area (Å²) in [5.41, 5.74) is 0. The van der Waals surface area contributed by atoms with E-state index in [1.165, 1.54) is 44.9 Å². The van der Waals surface area contributed by atoms with Crippen LogP contribution >= 0.6 is 0 Å². The number of hydrogen-bond donors (Lipinski definition) is 1. The third-order valence-electron chi connectivity index (χ3n) is 3.50. The quantitative estimate of drug-likeness (QED) is 0.684. The van der Waals surface area contributed by atoms with Crippen LogP contribution in [-0.2, 0) is 0 Å². The van der Waals surface area contributed by atoms with Crippen LogP contribution in [0.3, 0.4) is 0 Å². The van der Waals surface area contributed by atoms with Gasteiger partial charge in [0.25, 0.3) is 0 Å². The van der Waals surface area contributed by atoms with E-state index < -0.39 is 0 Å². The Bertz CT molecular complexity index is 140. The second-order valence-corrected chi connectivity index (χ2v) is 4.63. The maximum Gasteiger partial charge on any atom is 0.0568 e. The van der Waals surface area contributed by atoms with Gasteiger partial charge in [0.1, 0.15) is 0 Å². The lowest BCUT2D eigenvalue weighted by atomic mass is 9.98. The van der Waals surface area contributed by atoms with Gasteiger partial charge in [0, 0.05) is 0 Å². The van der Waals surface area contributed by atoms with Crippen LogP contribution in [0.2, 0.25) is 0 Å². The van der Waals surface area contributed by atoms with Crippen molar-refractivity contribution in [2.75, 3.05) is 0 Å². The minimum atomic E-state index is 0.0456. The predicted octanol–water partition coefficient (Wildman–Crippen LogP) is 2.73. The Labute approximate surface area is 75.2 Å². The van der Waals surface area contributed by atoms with Crippen LogP contribution in [0.5, 0.6) is 0 Å². The first-order chi connectivity index (χ1) is 5.86. The van der Waals surface area contributed by atoms with E-state index in [9.17, 15) is 5.11 Å². The molecule has 2 aliphatic rings. The van der Waals surface area contributed by atoms with Crippen molar-refractivity contribution in [2.45, 2.75) is 57.5 Å². The largest absolute Gasteiger partial charge is 0.393 e. The highest BCUT2D eigenvalue weighted by Gasteiger charge is 2.26. The molecule has 0 amide bonds. The molecule has 2 aliphatic carbocycles. The molecule has 1 heteroatoms. The number of aliphatic hydroxyl groups excluding tert-OH is 1. The summed E-state index contributed by atoms with van der Waals surface area (Å²) in [5, 5.41) is 9.57. The van der Waals surface area contributed by atoms with Gasteiger partial charge in [0.15, 0.2) is 0 Å². The molecule has 2 saturated carbocycles. The molecule has 1 nitrogen and oxygen atoms in total. The average molecular weight is 168 g/mol. The van der Waals surface area contributed by atoms with Crippen molar-refractivity contribution in [3.8, 4) is 0 Å². The van der Waals surface area contributed by atoms with Gasteiger partial charge in [-0.3, -0.25) is 0 Å². The maximum absolute atomic E-state index is 9.57. The number of rotatable bonds is 4. The molecule has 0 spiro atoms. The van der Waals surface area contributed by atoms with Gasteiger partial charge in [-0.2, -0.15) is 0 Å². The fraction of sp³-hybridized carbons (Fsp3) is 1.00. The normalized spacial score (nSPS) is 35.8. The van der Waals surface area contributed by atoms with Crippen LogP contribution < -0.4 is 0 Å². The molecule has 2 fully saturated rings. The van der Waals surface area contributed by atoms with E-state index in [2.05, 4.69) is 0 Å². The van der Waals surface area contributed by atoms with Gasteiger partial charge in [-0.15, -0.1) is 0 Å². The molecule has 2 atom stereocenters. The Morgan fingerprint density at radius 2 is 1.83 bits per heavy atom. The van der Waals surface area contributed by atoms with Crippen molar-refractivity contribution in [1.82, 2.24) is 0 Å². The van der Waals surface area contributed by atoms with Gasteiger partial charge in [-0.1, -0.05) is 32.1 Å². The summed E-state index contributed by atoms with van der Waals surface area (Å²) < 4.78 is 0. The lowest BCUT2D eigenvalue weighted by molar-refractivity contribution is 0.126. The summed E-state index contributed by atoms with van der Waals surface area (Å²) in [6.45, 7) is 0. The Balaban J connectivity index is 1.58. The SMILES string of the molecule is O[C@@H]1CCC[C@H]1CCCC1CC1. The van der Waals surface area contributed by atoms with Crippen molar-refractivity contribution in [3.63, 3.8) is 0 Å². The lowest BCUT2D eigenvalue weighted by Crippen LogP contribution is -2.12. The Morgan fingerprint density at radius 3 is 2.42 bits per heavy atom. The maximum atomic E-state index is 9.57. The molecule has 0 heterocycles. The van der Waals surface area contributed by atoms with E-state index in [0.29, 0.717) is 5.92 Å². The summed E-state index contributed by atoms with van der Waals surface area (Å²) in [5.74, 6) is 1.73. The predicted molar refractivity (Wildman–Crippen MR) is 49.9 cm³/mol. The first-order valence-corrected chi connectivity index (χ1v) is 5.54. The summed E-state index contributed by atoms with van der Waals surface area (Å²) in [7, 11) is 0. The highest BCUT2D eigenvalue weighted by molar-refractivity contribution is 4.78. The fourth-order valence-electron chi connectivity index (χ4n) is 2.43.